The number of rotatable bonds is 4. The number of alkyl halides is 2. The molecule has 0 N–H and O–H groups in total. The van der Waals surface area contributed by atoms with Gasteiger partial charge in [0.2, 0.25) is 11.8 Å². The number of aromatic nitrogens is 2. The standard InChI is InChI=1S/C22H24F2N4O3/c23-19(24)21-26-25-20(31-21)13-8-9-14-12-28(22(30)15(14)11-13)17-6-2-1-5-16(17)27-10-4-3-7-18(27)29/h8-9,11,16-17,19H,1-7,10,12H2/t16-,17-/m1/s1. The summed E-state index contributed by atoms with van der Waals surface area (Å²) < 4.78 is 30.6. The fraction of sp³-hybridized carbons (Fsp3) is 0.545. The lowest BCUT2D eigenvalue weighted by molar-refractivity contribution is -0.138. The topological polar surface area (TPSA) is 79.5 Å². The van der Waals surface area contributed by atoms with Gasteiger partial charge >= 0.3 is 6.43 Å². The summed E-state index contributed by atoms with van der Waals surface area (Å²) in [4.78, 5) is 29.8. The first-order valence-electron chi connectivity index (χ1n) is 10.9. The highest BCUT2D eigenvalue weighted by molar-refractivity contribution is 5.99. The smallest absolute Gasteiger partial charge is 0.314 e. The third-order valence-corrected chi connectivity index (χ3v) is 6.67. The molecule has 164 valence electrons. The zero-order valence-electron chi connectivity index (χ0n) is 17.1. The van der Waals surface area contributed by atoms with E-state index in [2.05, 4.69) is 10.2 Å². The molecule has 1 saturated heterocycles. The number of hydrogen-bond acceptors (Lipinski definition) is 5. The van der Waals surface area contributed by atoms with E-state index >= 15 is 0 Å². The van der Waals surface area contributed by atoms with E-state index in [0.717, 1.165) is 50.6 Å². The number of amides is 2. The molecule has 2 aliphatic heterocycles. The lowest BCUT2D eigenvalue weighted by Crippen LogP contribution is -2.56. The Labute approximate surface area is 178 Å². The van der Waals surface area contributed by atoms with Crippen LogP contribution < -0.4 is 0 Å². The lowest BCUT2D eigenvalue weighted by Gasteiger charge is -2.45. The first-order valence-corrected chi connectivity index (χ1v) is 10.9. The Morgan fingerprint density at radius 2 is 1.77 bits per heavy atom. The maximum Gasteiger partial charge on any atom is 0.314 e. The number of carbonyl (C=O) groups excluding carboxylic acids is 2. The SMILES string of the molecule is O=C1CCCCN1[C@@H]1CCCC[C@H]1N1Cc2ccc(-c3nnc(C(F)F)o3)cc2C1=O. The third-order valence-electron chi connectivity index (χ3n) is 6.67. The Kier molecular flexibility index (Phi) is 5.19. The van der Waals surface area contributed by atoms with Crippen molar-refractivity contribution in [2.45, 2.75) is 70.0 Å². The van der Waals surface area contributed by atoms with Gasteiger partial charge in [0.15, 0.2) is 0 Å². The molecule has 0 spiro atoms. The normalized spacial score (nSPS) is 24.2. The molecule has 0 radical (unpaired) electrons. The largest absolute Gasteiger partial charge is 0.415 e. The minimum absolute atomic E-state index is 0.00649. The highest BCUT2D eigenvalue weighted by Gasteiger charge is 2.41. The molecule has 2 aromatic rings. The molecule has 3 heterocycles. The average Bonchev–Trinajstić information content (AvgIpc) is 3.40. The average molecular weight is 430 g/mol. The second kappa shape index (κ2) is 8.01. The van der Waals surface area contributed by atoms with Crippen LogP contribution in [-0.2, 0) is 11.3 Å². The van der Waals surface area contributed by atoms with Crippen LogP contribution in [0.3, 0.4) is 0 Å². The van der Waals surface area contributed by atoms with Crippen LogP contribution in [0.5, 0.6) is 0 Å². The first-order chi connectivity index (χ1) is 15.0. The van der Waals surface area contributed by atoms with Crippen molar-refractivity contribution in [3.8, 4) is 11.5 Å². The molecule has 0 bridgehead atoms. The second-order valence-corrected chi connectivity index (χ2v) is 8.51. The Balaban J connectivity index is 1.40. The number of carbonyl (C=O) groups is 2. The molecule has 7 nitrogen and oxygen atoms in total. The Morgan fingerprint density at radius 1 is 1.00 bits per heavy atom. The van der Waals surface area contributed by atoms with Gasteiger partial charge in [-0.3, -0.25) is 9.59 Å². The fourth-order valence-electron chi connectivity index (χ4n) is 5.16. The summed E-state index contributed by atoms with van der Waals surface area (Å²) in [5.74, 6) is -0.661. The van der Waals surface area contributed by atoms with E-state index < -0.39 is 12.3 Å². The van der Waals surface area contributed by atoms with Crippen LogP contribution in [0.4, 0.5) is 8.78 Å². The van der Waals surface area contributed by atoms with E-state index in [4.69, 9.17) is 4.42 Å². The van der Waals surface area contributed by atoms with Gasteiger partial charge in [-0.2, -0.15) is 8.78 Å². The molecule has 5 rings (SSSR count). The molecular weight excluding hydrogens is 406 g/mol. The van der Waals surface area contributed by atoms with Crippen LogP contribution in [0.1, 0.15) is 73.2 Å². The summed E-state index contributed by atoms with van der Waals surface area (Å²) in [5, 5.41) is 7.05. The zero-order valence-corrected chi connectivity index (χ0v) is 17.1. The number of benzene rings is 1. The number of piperidine rings is 1. The van der Waals surface area contributed by atoms with Gasteiger partial charge < -0.3 is 14.2 Å². The summed E-state index contributed by atoms with van der Waals surface area (Å²) >= 11 is 0. The maximum atomic E-state index is 13.3. The predicted octanol–water partition coefficient (Wildman–Crippen LogP) is 3.95. The number of fused-ring (bicyclic) bond motifs is 1. The Hall–Kier alpha value is -2.84. The minimum Gasteiger partial charge on any atom is -0.415 e. The number of halogens is 2. The van der Waals surface area contributed by atoms with Crippen molar-refractivity contribution in [2.24, 2.45) is 0 Å². The van der Waals surface area contributed by atoms with Crippen molar-refractivity contribution in [1.29, 1.82) is 0 Å². The molecule has 1 aliphatic carbocycles. The molecule has 9 heteroatoms. The highest BCUT2D eigenvalue weighted by atomic mass is 19.3. The van der Waals surface area contributed by atoms with Crippen LogP contribution in [0, 0.1) is 0 Å². The quantitative estimate of drug-likeness (QED) is 0.734. The van der Waals surface area contributed by atoms with Gasteiger partial charge in [0.1, 0.15) is 0 Å². The zero-order chi connectivity index (χ0) is 21.5. The van der Waals surface area contributed by atoms with Gasteiger partial charge in [0.25, 0.3) is 11.8 Å². The lowest BCUT2D eigenvalue weighted by atomic mass is 9.87. The van der Waals surface area contributed by atoms with Gasteiger partial charge in [0, 0.05) is 30.6 Å². The van der Waals surface area contributed by atoms with Gasteiger partial charge in [-0.25, -0.2) is 0 Å². The van der Waals surface area contributed by atoms with Crippen molar-refractivity contribution >= 4 is 11.8 Å². The Bertz CT molecular complexity index is 1010. The monoisotopic (exact) mass is 430 g/mol. The van der Waals surface area contributed by atoms with Crippen molar-refractivity contribution in [1.82, 2.24) is 20.0 Å². The number of likely N-dealkylation sites (tertiary alicyclic amines) is 1. The van der Waals surface area contributed by atoms with E-state index in [1.54, 1.807) is 12.1 Å². The first kappa shape index (κ1) is 20.1. The summed E-state index contributed by atoms with van der Waals surface area (Å²) in [7, 11) is 0. The van der Waals surface area contributed by atoms with Crippen molar-refractivity contribution in [3.05, 3.63) is 35.2 Å². The molecule has 1 aromatic heterocycles. The van der Waals surface area contributed by atoms with E-state index in [-0.39, 0.29) is 29.8 Å². The molecule has 1 saturated carbocycles. The van der Waals surface area contributed by atoms with Crippen molar-refractivity contribution in [2.75, 3.05) is 6.54 Å². The van der Waals surface area contributed by atoms with Crippen molar-refractivity contribution in [3.63, 3.8) is 0 Å². The second-order valence-electron chi connectivity index (χ2n) is 8.51. The molecular formula is C22H24F2N4O3. The van der Waals surface area contributed by atoms with Gasteiger partial charge in [-0.15, -0.1) is 10.2 Å². The van der Waals surface area contributed by atoms with E-state index in [0.29, 0.717) is 24.1 Å². The number of nitrogens with zero attached hydrogens (tertiary/aromatic N) is 4. The van der Waals surface area contributed by atoms with Gasteiger partial charge in [0.05, 0.1) is 12.1 Å². The van der Waals surface area contributed by atoms with Crippen LogP contribution >= 0.6 is 0 Å². The highest BCUT2D eigenvalue weighted by Crippen LogP contribution is 2.36. The van der Waals surface area contributed by atoms with Gasteiger partial charge in [-0.05, 0) is 43.4 Å². The van der Waals surface area contributed by atoms with Crippen LogP contribution in [-0.4, -0.2) is 50.4 Å². The van der Waals surface area contributed by atoms with Crippen LogP contribution in [0.25, 0.3) is 11.5 Å². The summed E-state index contributed by atoms with van der Waals surface area (Å²) in [6.45, 7) is 1.26. The summed E-state index contributed by atoms with van der Waals surface area (Å²) in [6, 6.07) is 5.23. The van der Waals surface area contributed by atoms with E-state index in [1.807, 2.05) is 15.9 Å². The van der Waals surface area contributed by atoms with Gasteiger partial charge in [-0.1, -0.05) is 18.9 Å². The molecule has 2 fully saturated rings. The summed E-state index contributed by atoms with van der Waals surface area (Å²) in [6.07, 6.45) is 3.59. The molecule has 1 aromatic carbocycles. The number of hydrogen-bond donors (Lipinski definition) is 0. The molecule has 31 heavy (non-hydrogen) atoms. The van der Waals surface area contributed by atoms with Crippen LogP contribution in [0.2, 0.25) is 0 Å². The summed E-state index contributed by atoms with van der Waals surface area (Å²) in [5.41, 5.74) is 1.86. The molecule has 3 aliphatic rings. The minimum atomic E-state index is -2.84. The third kappa shape index (κ3) is 3.59. The molecule has 2 atom stereocenters. The van der Waals surface area contributed by atoms with Crippen molar-refractivity contribution < 1.29 is 22.8 Å². The van der Waals surface area contributed by atoms with E-state index in [9.17, 15) is 18.4 Å². The predicted molar refractivity (Wildman–Crippen MR) is 106 cm³/mol. The van der Waals surface area contributed by atoms with E-state index in [1.165, 1.54) is 0 Å². The molecule has 2 amide bonds. The Morgan fingerprint density at radius 3 is 2.48 bits per heavy atom. The molecule has 0 unspecified atom stereocenters. The van der Waals surface area contributed by atoms with Crippen LogP contribution in [0.15, 0.2) is 22.6 Å². The fourth-order valence-corrected chi connectivity index (χ4v) is 5.16. The maximum absolute atomic E-state index is 13.3.